The van der Waals surface area contributed by atoms with Gasteiger partial charge in [-0.15, -0.1) is 0 Å². The maximum absolute atomic E-state index is 5.81. The molecule has 0 saturated heterocycles. The first-order valence-corrected chi connectivity index (χ1v) is 8.33. The third-order valence-corrected chi connectivity index (χ3v) is 4.14. The lowest BCUT2D eigenvalue weighted by atomic mass is 9.95. The molecule has 20 heavy (non-hydrogen) atoms. The fraction of sp³-hybridized carbons (Fsp3) is 0.647. The first-order chi connectivity index (χ1) is 9.35. The number of halogens is 1. The smallest absolute Gasteiger partial charge is 0.125 e. The van der Waals surface area contributed by atoms with E-state index < -0.39 is 0 Å². The Morgan fingerprint density at radius 3 is 2.80 bits per heavy atom. The lowest BCUT2D eigenvalue weighted by Crippen LogP contribution is -2.37. The third kappa shape index (κ3) is 4.49. The molecule has 0 aromatic heterocycles. The van der Waals surface area contributed by atoms with Gasteiger partial charge in [0.25, 0.3) is 0 Å². The highest BCUT2D eigenvalue weighted by Crippen LogP contribution is 2.34. The van der Waals surface area contributed by atoms with Gasteiger partial charge in [0.15, 0.2) is 0 Å². The summed E-state index contributed by atoms with van der Waals surface area (Å²) in [5.41, 5.74) is 2.92. The van der Waals surface area contributed by atoms with Crippen LogP contribution in [0.5, 0.6) is 5.75 Å². The quantitative estimate of drug-likeness (QED) is 0.861. The van der Waals surface area contributed by atoms with Crippen LogP contribution in [0.25, 0.3) is 0 Å². The highest BCUT2D eigenvalue weighted by Gasteiger charge is 2.19. The van der Waals surface area contributed by atoms with Crippen molar-refractivity contribution < 1.29 is 4.74 Å². The van der Waals surface area contributed by atoms with Crippen LogP contribution < -0.4 is 10.1 Å². The fourth-order valence-corrected chi connectivity index (χ4v) is 3.22. The minimum absolute atomic E-state index is 0.208. The SMILES string of the molecule is CC(CCNC(C)(C)C)Cc1cc(Br)cc2c1OCC2. The predicted molar refractivity (Wildman–Crippen MR) is 88.6 cm³/mol. The van der Waals surface area contributed by atoms with Crippen LogP contribution in [0.3, 0.4) is 0 Å². The molecule has 112 valence electrons. The normalized spacial score (nSPS) is 15.8. The van der Waals surface area contributed by atoms with Crippen molar-refractivity contribution >= 4 is 15.9 Å². The zero-order chi connectivity index (χ0) is 14.8. The predicted octanol–water partition coefficient (Wildman–Crippen LogP) is 4.34. The van der Waals surface area contributed by atoms with Crippen molar-refractivity contribution in [1.82, 2.24) is 5.32 Å². The first kappa shape index (κ1) is 15.8. The summed E-state index contributed by atoms with van der Waals surface area (Å²) >= 11 is 3.62. The van der Waals surface area contributed by atoms with Gasteiger partial charge < -0.3 is 10.1 Å². The average molecular weight is 340 g/mol. The van der Waals surface area contributed by atoms with Gasteiger partial charge in [-0.2, -0.15) is 0 Å². The van der Waals surface area contributed by atoms with Crippen LogP contribution in [0.4, 0.5) is 0 Å². The van der Waals surface area contributed by atoms with E-state index in [-0.39, 0.29) is 5.54 Å². The highest BCUT2D eigenvalue weighted by molar-refractivity contribution is 9.10. The molecule has 0 spiro atoms. The maximum atomic E-state index is 5.81. The summed E-state index contributed by atoms with van der Waals surface area (Å²) in [7, 11) is 0. The number of nitrogens with one attached hydrogen (secondary N) is 1. The number of fused-ring (bicyclic) bond motifs is 1. The largest absolute Gasteiger partial charge is 0.493 e. The van der Waals surface area contributed by atoms with Gasteiger partial charge in [0.1, 0.15) is 5.75 Å². The second-order valence-electron chi connectivity index (χ2n) is 6.93. The van der Waals surface area contributed by atoms with Crippen molar-refractivity contribution in [3.63, 3.8) is 0 Å². The Labute approximate surface area is 131 Å². The Hall–Kier alpha value is -0.540. The molecule has 0 amide bonds. The zero-order valence-electron chi connectivity index (χ0n) is 13.1. The number of hydrogen-bond acceptors (Lipinski definition) is 2. The minimum Gasteiger partial charge on any atom is -0.493 e. The standard InChI is InChI=1S/C17H26BrNO/c1-12(5-7-19-17(2,3)4)9-14-11-15(18)10-13-6-8-20-16(13)14/h10-12,19H,5-9H2,1-4H3. The van der Waals surface area contributed by atoms with Gasteiger partial charge in [-0.1, -0.05) is 22.9 Å². The van der Waals surface area contributed by atoms with Crippen LogP contribution in [0, 0.1) is 5.92 Å². The summed E-state index contributed by atoms with van der Waals surface area (Å²) in [5.74, 6) is 1.80. The van der Waals surface area contributed by atoms with E-state index in [0.29, 0.717) is 5.92 Å². The molecular weight excluding hydrogens is 314 g/mol. The number of ether oxygens (including phenoxy) is 1. The van der Waals surface area contributed by atoms with Crippen LogP contribution in [0.15, 0.2) is 16.6 Å². The molecule has 1 aromatic carbocycles. The molecule has 1 unspecified atom stereocenters. The van der Waals surface area contributed by atoms with E-state index >= 15 is 0 Å². The molecule has 0 aliphatic carbocycles. The molecule has 0 fully saturated rings. The van der Waals surface area contributed by atoms with Gasteiger partial charge in [0, 0.05) is 16.4 Å². The molecule has 0 bridgehead atoms. The Bertz CT molecular complexity index is 465. The van der Waals surface area contributed by atoms with Gasteiger partial charge in [-0.3, -0.25) is 0 Å². The second kappa shape index (κ2) is 6.48. The van der Waals surface area contributed by atoms with E-state index in [4.69, 9.17) is 4.74 Å². The van der Waals surface area contributed by atoms with E-state index in [9.17, 15) is 0 Å². The summed E-state index contributed by atoms with van der Waals surface area (Å²) in [6, 6.07) is 4.41. The number of rotatable bonds is 5. The first-order valence-electron chi connectivity index (χ1n) is 7.54. The van der Waals surface area contributed by atoms with Crippen molar-refractivity contribution in [2.24, 2.45) is 5.92 Å². The molecule has 1 aliphatic rings. The van der Waals surface area contributed by atoms with Crippen LogP contribution in [-0.4, -0.2) is 18.7 Å². The Kier molecular flexibility index (Phi) is 5.14. The van der Waals surface area contributed by atoms with Crippen LogP contribution in [0.1, 0.15) is 45.2 Å². The van der Waals surface area contributed by atoms with Crippen LogP contribution in [0.2, 0.25) is 0 Å². The van der Waals surface area contributed by atoms with E-state index in [2.05, 4.69) is 61.1 Å². The van der Waals surface area contributed by atoms with Gasteiger partial charge in [0.2, 0.25) is 0 Å². The molecule has 1 heterocycles. The monoisotopic (exact) mass is 339 g/mol. The highest BCUT2D eigenvalue weighted by atomic mass is 79.9. The van der Waals surface area contributed by atoms with E-state index in [1.165, 1.54) is 22.0 Å². The Morgan fingerprint density at radius 1 is 1.35 bits per heavy atom. The van der Waals surface area contributed by atoms with Crippen LogP contribution in [-0.2, 0) is 12.8 Å². The minimum atomic E-state index is 0.208. The van der Waals surface area contributed by atoms with Gasteiger partial charge in [-0.05, 0) is 69.3 Å². The van der Waals surface area contributed by atoms with E-state index in [1.54, 1.807) is 0 Å². The van der Waals surface area contributed by atoms with Crippen molar-refractivity contribution in [1.29, 1.82) is 0 Å². The number of hydrogen-bond donors (Lipinski definition) is 1. The van der Waals surface area contributed by atoms with Gasteiger partial charge >= 0.3 is 0 Å². The molecule has 3 heteroatoms. The second-order valence-corrected chi connectivity index (χ2v) is 7.84. The molecule has 0 radical (unpaired) electrons. The van der Waals surface area contributed by atoms with Gasteiger partial charge in [-0.25, -0.2) is 0 Å². The summed E-state index contributed by atoms with van der Waals surface area (Å²) < 4.78 is 6.99. The lowest BCUT2D eigenvalue weighted by Gasteiger charge is -2.22. The van der Waals surface area contributed by atoms with Crippen molar-refractivity contribution in [2.75, 3.05) is 13.2 Å². The molecule has 2 nitrogen and oxygen atoms in total. The zero-order valence-corrected chi connectivity index (χ0v) is 14.6. The molecule has 1 atom stereocenters. The molecule has 1 aromatic rings. The summed E-state index contributed by atoms with van der Waals surface area (Å²) in [6.45, 7) is 10.9. The Morgan fingerprint density at radius 2 is 2.10 bits per heavy atom. The molecule has 1 N–H and O–H groups in total. The van der Waals surface area contributed by atoms with Crippen molar-refractivity contribution in [3.8, 4) is 5.75 Å². The van der Waals surface area contributed by atoms with E-state index in [1.807, 2.05) is 0 Å². The topological polar surface area (TPSA) is 21.3 Å². The third-order valence-electron chi connectivity index (χ3n) is 3.69. The average Bonchev–Trinajstić information content (AvgIpc) is 2.74. The maximum Gasteiger partial charge on any atom is 0.125 e. The summed E-state index contributed by atoms with van der Waals surface area (Å²) in [5, 5.41) is 3.56. The summed E-state index contributed by atoms with van der Waals surface area (Å²) in [6.07, 6.45) is 3.33. The van der Waals surface area contributed by atoms with E-state index in [0.717, 1.165) is 31.7 Å². The van der Waals surface area contributed by atoms with Gasteiger partial charge in [0.05, 0.1) is 6.61 Å². The number of benzene rings is 1. The summed E-state index contributed by atoms with van der Waals surface area (Å²) in [4.78, 5) is 0. The molecule has 0 saturated carbocycles. The molecule has 1 aliphatic heterocycles. The molecule has 2 rings (SSSR count). The van der Waals surface area contributed by atoms with Crippen molar-refractivity contribution in [3.05, 3.63) is 27.7 Å². The fourth-order valence-electron chi connectivity index (χ4n) is 2.67. The van der Waals surface area contributed by atoms with Crippen molar-refractivity contribution in [2.45, 2.75) is 52.5 Å². The Balaban J connectivity index is 1.93. The van der Waals surface area contributed by atoms with Crippen LogP contribution >= 0.6 is 15.9 Å². The lowest BCUT2D eigenvalue weighted by molar-refractivity contribution is 0.349. The molecular formula is C17H26BrNO.